The summed E-state index contributed by atoms with van der Waals surface area (Å²) in [5.41, 5.74) is 1.62. The molecule has 7 rings (SSSR count). The summed E-state index contributed by atoms with van der Waals surface area (Å²) in [6.07, 6.45) is 1.73. The van der Waals surface area contributed by atoms with E-state index in [1.54, 1.807) is 74.0 Å². The molecule has 0 bridgehead atoms. The van der Waals surface area contributed by atoms with Crippen molar-refractivity contribution in [1.82, 2.24) is 14.9 Å². The number of anilines is 2. The van der Waals surface area contributed by atoms with Gasteiger partial charge in [0.2, 0.25) is 5.78 Å². The highest BCUT2D eigenvalue weighted by atomic mass is 32.1. The fourth-order valence-electron chi connectivity index (χ4n) is 5.88. The Morgan fingerprint density at radius 1 is 0.839 bits per heavy atom. The number of halogens is 2. The number of rotatable bonds is 8. The van der Waals surface area contributed by atoms with E-state index in [1.165, 1.54) is 47.9 Å². The van der Waals surface area contributed by atoms with Crippen molar-refractivity contribution < 1.29 is 33.1 Å². The lowest BCUT2D eigenvalue weighted by molar-refractivity contribution is -0.122. The van der Waals surface area contributed by atoms with Crippen molar-refractivity contribution in [2.75, 3.05) is 10.6 Å². The number of thiophene rings is 2. The zero-order chi connectivity index (χ0) is 40.0. The van der Waals surface area contributed by atoms with Crippen molar-refractivity contribution in [3.05, 3.63) is 164 Å². The molecule has 284 valence electrons. The molecule has 1 aliphatic rings. The second kappa shape index (κ2) is 16.9. The van der Waals surface area contributed by atoms with Gasteiger partial charge in [0.1, 0.15) is 29.3 Å². The maximum absolute atomic E-state index is 13.5. The molecule has 5 heterocycles. The van der Waals surface area contributed by atoms with E-state index in [0.717, 1.165) is 27.5 Å². The molecule has 0 spiro atoms. The molecule has 3 N–H and O–H groups in total. The van der Waals surface area contributed by atoms with Crippen molar-refractivity contribution in [3.8, 4) is 0 Å². The second-order valence-electron chi connectivity index (χ2n) is 13.3. The van der Waals surface area contributed by atoms with Crippen LogP contribution in [0, 0.1) is 11.6 Å². The maximum Gasteiger partial charge on any atom is 0.408 e. The third kappa shape index (κ3) is 8.91. The van der Waals surface area contributed by atoms with Crippen LogP contribution in [0.3, 0.4) is 0 Å². The summed E-state index contributed by atoms with van der Waals surface area (Å²) in [5.74, 6) is -1.67. The molecule has 3 amide bonds. The van der Waals surface area contributed by atoms with Gasteiger partial charge in [-0.3, -0.25) is 24.3 Å². The molecule has 15 heteroatoms. The van der Waals surface area contributed by atoms with Gasteiger partial charge in [-0.2, -0.15) is 0 Å². The molecule has 6 aromatic rings. The Bertz CT molecular complexity index is 2380. The SMILES string of the molecule is CC(C)(C)N(C(=O)O)C(C(=O)Nc1ncccc1C(=O)c1cccs1)c1ccc(F)cc1.O=C1Nc2ncccc2C(c2cccs2)=NC1c1ccc(F)cc1. The zero-order valence-electron chi connectivity index (χ0n) is 30.1. The molecule has 56 heavy (non-hydrogen) atoms. The molecule has 2 atom stereocenters. The fourth-order valence-corrected chi connectivity index (χ4v) is 7.29. The van der Waals surface area contributed by atoms with Crippen LogP contribution in [0.25, 0.3) is 0 Å². The molecular weight excluding hydrogens is 759 g/mol. The predicted octanol–water partition coefficient (Wildman–Crippen LogP) is 8.78. The van der Waals surface area contributed by atoms with Crippen molar-refractivity contribution in [3.63, 3.8) is 0 Å². The topological polar surface area (TPSA) is 154 Å². The Morgan fingerprint density at radius 3 is 2.11 bits per heavy atom. The van der Waals surface area contributed by atoms with E-state index in [9.17, 15) is 33.1 Å². The van der Waals surface area contributed by atoms with E-state index in [2.05, 4.69) is 20.6 Å². The zero-order valence-corrected chi connectivity index (χ0v) is 31.8. The standard InChI is InChI=1S/C23H22FN3O4S.C18H12FN3OS/c1-23(2,3)27(22(30)31)18(14-8-10-15(24)11-9-14)21(29)26-20-16(6-4-12-25-20)19(28)17-7-5-13-32-17;19-12-7-5-11(6-8-12)15-18(23)22-17-13(3-1-9-20-17)16(21-15)14-4-2-10-24-14/h4-13,18H,1-3H3,(H,30,31)(H,25,26,29);1-10,15H,(H,20,22,23). The van der Waals surface area contributed by atoms with Crippen LogP contribution in [0.1, 0.15) is 69.7 Å². The molecule has 0 fully saturated rings. The fraction of sp³-hybridized carbons (Fsp3) is 0.146. The molecule has 2 unspecified atom stereocenters. The number of aromatic nitrogens is 2. The van der Waals surface area contributed by atoms with Crippen LogP contribution in [0.4, 0.5) is 25.2 Å². The monoisotopic (exact) mass is 792 g/mol. The summed E-state index contributed by atoms with van der Waals surface area (Å²) >= 11 is 2.80. The first-order chi connectivity index (χ1) is 26.8. The van der Waals surface area contributed by atoms with E-state index in [4.69, 9.17) is 4.99 Å². The van der Waals surface area contributed by atoms with Gasteiger partial charge in [-0.15, -0.1) is 22.7 Å². The molecule has 0 saturated heterocycles. The van der Waals surface area contributed by atoms with Gasteiger partial charge in [0, 0.05) is 23.5 Å². The summed E-state index contributed by atoms with van der Waals surface area (Å²) in [4.78, 5) is 66.5. The Labute approximate surface area is 328 Å². The summed E-state index contributed by atoms with van der Waals surface area (Å²) in [5, 5.41) is 19.0. The molecule has 1 aliphatic heterocycles. The minimum absolute atomic E-state index is 0.0160. The number of carboxylic acid groups (broad SMARTS) is 1. The summed E-state index contributed by atoms with van der Waals surface area (Å²) < 4.78 is 26.7. The van der Waals surface area contributed by atoms with Crippen LogP contribution >= 0.6 is 22.7 Å². The number of hydrogen-bond acceptors (Lipinski definition) is 9. The molecule has 2 aromatic carbocycles. The highest BCUT2D eigenvalue weighted by Gasteiger charge is 2.39. The van der Waals surface area contributed by atoms with Crippen LogP contribution in [-0.4, -0.2) is 54.9 Å². The Hall–Kier alpha value is -6.45. The lowest BCUT2D eigenvalue weighted by atomic mass is 9.97. The normalized spacial score (nSPS) is 14.1. The summed E-state index contributed by atoms with van der Waals surface area (Å²) in [7, 11) is 0. The number of fused-ring (bicyclic) bond motifs is 1. The second-order valence-corrected chi connectivity index (χ2v) is 15.2. The minimum atomic E-state index is -1.32. The number of carbonyl (C=O) groups is 4. The molecule has 4 aromatic heterocycles. The third-order valence-corrected chi connectivity index (χ3v) is 10.2. The van der Waals surface area contributed by atoms with Crippen molar-refractivity contribution in [2.45, 2.75) is 38.4 Å². The van der Waals surface area contributed by atoms with Crippen molar-refractivity contribution in [2.24, 2.45) is 4.99 Å². The number of ketones is 1. The number of hydrogen-bond donors (Lipinski definition) is 3. The summed E-state index contributed by atoms with van der Waals surface area (Å²) in [6, 6.07) is 22.9. The lowest BCUT2D eigenvalue weighted by Crippen LogP contribution is -2.50. The van der Waals surface area contributed by atoms with Gasteiger partial charge >= 0.3 is 6.09 Å². The van der Waals surface area contributed by atoms with E-state index >= 15 is 0 Å². The first kappa shape index (κ1) is 39.2. The van der Waals surface area contributed by atoms with Gasteiger partial charge in [0.05, 0.1) is 21.0 Å². The number of benzene rings is 2. The smallest absolute Gasteiger partial charge is 0.408 e. The van der Waals surface area contributed by atoms with Crippen molar-refractivity contribution >= 4 is 63.7 Å². The van der Waals surface area contributed by atoms with Gasteiger partial charge in [-0.25, -0.2) is 23.5 Å². The van der Waals surface area contributed by atoms with E-state index in [0.29, 0.717) is 22.0 Å². The van der Waals surface area contributed by atoms with E-state index in [1.807, 2.05) is 29.6 Å². The van der Waals surface area contributed by atoms with E-state index in [-0.39, 0.29) is 34.5 Å². The number of nitrogens with zero attached hydrogens (tertiary/aromatic N) is 4. The number of aliphatic imine (C=N–C) groups is 1. The van der Waals surface area contributed by atoms with Gasteiger partial charge in [-0.1, -0.05) is 36.4 Å². The lowest BCUT2D eigenvalue weighted by Gasteiger charge is -2.39. The van der Waals surface area contributed by atoms with Crippen LogP contribution < -0.4 is 10.6 Å². The first-order valence-corrected chi connectivity index (χ1v) is 18.8. The molecule has 0 aliphatic carbocycles. The maximum atomic E-state index is 13.5. The van der Waals surface area contributed by atoms with Crippen LogP contribution in [0.15, 0.2) is 125 Å². The third-order valence-electron chi connectivity index (χ3n) is 8.41. The predicted molar refractivity (Wildman–Crippen MR) is 211 cm³/mol. The van der Waals surface area contributed by atoms with Crippen molar-refractivity contribution in [1.29, 1.82) is 0 Å². The highest BCUT2D eigenvalue weighted by molar-refractivity contribution is 7.12. The number of carbonyl (C=O) groups excluding carboxylic acids is 3. The first-order valence-electron chi connectivity index (χ1n) is 17.1. The van der Waals surface area contributed by atoms with Crippen LogP contribution in [0.5, 0.6) is 0 Å². The van der Waals surface area contributed by atoms with Crippen LogP contribution in [-0.2, 0) is 9.59 Å². The number of nitrogens with one attached hydrogen (secondary N) is 2. The molecular formula is C41H34F2N6O5S2. The van der Waals surface area contributed by atoms with Crippen LogP contribution in [0.2, 0.25) is 0 Å². The Kier molecular flexibility index (Phi) is 11.9. The average molecular weight is 793 g/mol. The minimum Gasteiger partial charge on any atom is -0.465 e. The molecule has 11 nitrogen and oxygen atoms in total. The van der Waals surface area contributed by atoms with Gasteiger partial charge in [0.15, 0.2) is 6.04 Å². The average Bonchev–Trinajstić information content (AvgIpc) is 3.89. The van der Waals surface area contributed by atoms with Gasteiger partial charge < -0.3 is 15.7 Å². The van der Waals surface area contributed by atoms with Gasteiger partial charge in [-0.05, 0) is 103 Å². The van der Waals surface area contributed by atoms with E-state index < -0.39 is 35.4 Å². The largest absolute Gasteiger partial charge is 0.465 e. The molecule has 0 saturated carbocycles. The molecule has 0 radical (unpaired) electrons. The number of amides is 3. The quantitative estimate of drug-likeness (QED) is 0.130. The Balaban J connectivity index is 0.000000197. The van der Waals surface area contributed by atoms with Gasteiger partial charge in [0.25, 0.3) is 11.8 Å². The summed E-state index contributed by atoms with van der Waals surface area (Å²) in [6.45, 7) is 4.95. The number of pyridine rings is 2. The highest BCUT2D eigenvalue weighted by Crippen LogP contribution is 2.32. The Morgan fingerprint density at radius 2 is 1.48 bits per heavy atom.